The predicted molar refractivity (Wildman–Crippen MR) is 162 cm³/mol. The van der Waals surface area contributed by atoms with Crippen LogP contribution in [0.5, 0.6) is 11.5 Å². The number of aromatic hydroxyl groups is 1. The number of para-hydroxylation sites is 1. The number of alkyl halides is 3. The average Bonchev–Trinajstić information content (AvgIpc) is 3.04. The topological polar surface area (TPSA) is 90.2 Å². The molecule has 9 heteroatoms. The summed E-state index contributed by atoms with van der Waals surface area (Å²) in [6, 6.07) is 35.5. The lowest BCUT2D eigenvalue weighted by Gasteiger charge is -2.42. The van der Waals surface area contributed by atoms with E-state index in [4.69, 9.17) is 14.6 Å². The van der Waals surface area contributed by atoms with Crippen LogP contribution >= 0.6 is 0 Å². The molecule has 232 valence electrons. The largest absolute Gasteiger partial charge is 0.507 e. The molecule has 0 bridgehead atoms. The number of nitrogens with zero attached hydrogens (tertiary/aromatic N) is 1. The molecule has 0 aliphatic carbocycles. The van der Waals surface area contributed by atoms with E-state index < -0.39 is 17.7 Å². The zero-order valence-corrected chi connectivity index (χ0v) is 24.2. The van der Waals surface area contributed by atoms with Crippen molar-refractivity contribution in [3.63, 3.8) is 0 Å². The summed E-state index contributed by atoms with van der Waals surface area (Å²) in [6.07, 6.45) is -2.22. The van der Waals surface area contributed by atoms with Crippen molar-refractivity contribution in [2.75, 3.05) is 26.2 Å². The van der Waals surface area contributed by atoms with E-state index in [1.807, 2.05) is 103 Å². The fourth-order valence-electron chi connectivity index (χ4n) is 5.52. The summed E-state index contributed by atoms with van der Waals surface area (Å²) < 4.78 is 37.7. The van der Waals surface area contributed by atoms with E-state index in [0.717, 1.165) is 66.9 Å². The molecule has 0 unspecified atom stereocenters. The SMILES string of the molecule is O=C(O)C(F)(F)F.Oc1ccccc1-c1ccc(OCCCN2CCC(C(O)(c3ccccc3)c3ccccc3)CC2)cc1. The van der Waals surface area contributed by atoms with Crippen LogP contribution in [0.4, 0.5) is 13.2 Å². The molecule has 1 fully saturated rings. The van der Waals surface area contributed by atoms with Crippen molar-refractivity contribution in [1.82, 2.24) is 4.90 Å². The number of carboxylic acid groups (broad SMARTS) is 1. The van der Waals surface area contributed by atoms with Crippen LogP contribution in [0, 0.1) is 5.92 Å². The molecular weight excluding hydrogens is 571 g/mol. The summed E-state index contributed by atoms with van der Waals surface area (Å²) in [4.78, 5) is 11.4. The average molecular weight is 608 g/mol. The number of phenols is 1. The van der Waals surface area contributed by atoms with E-state index in [1.54, 1.807) is 6.07 Å². The summed E-state index contributed by atoms with van der Waals surface area (Å²) in [5.41, 5.74) is 2.77. The number of piperidine rings is 1. The van der Waals surface area contributed by atoms with Crippen LogP contribution in [0.2, 0.25) is 0 Å². The van der Waals surface area contributed by atoms with Crippen molar-refractivity contribution < 1.29 is 38.0 Å². The molecule has 44 heavy (non-hydrogen) atoms. The Morgan fingerprint density at radius 3 is 1.80 bits per heavy atom. The molecule has 1 aliphatic heterocycles. The molecule has 1 heterocycles. The number of halogens is 3. The molecule has 4 aromatic rings. The van der Waals surface area contributed by atoms with Crippen molar-refractivity contribution in [3.8, 4) is 22.6 Å². The van der Waals surface area contributed by atoms with Crippen molar-refractivity contribution in [2.24, 2.45) is 5.92 Å². The minimum absolute atomic E-state index is 0.173. The Labute approximate surface area is 255 Å². The van der Waals surface area contributed by atoms with Crippen molar-refractivity contribution >= 4 is 5.97 Å². The van der Waals surface area contributed by atoms with E-state index in [9.17, 15) is 23.4 Å². The second-order valence-corrected chi connectivity index (χ2v) is 10.7. The number of carbonyl (C=O) groups is 1. The Balaban J connectivity index is 0.000000566. The highest BCUT2D eigenvalue weighted by atomic mass is 19.4. The number of ether oxygens (including phenoxy) is 1. The molecule has 6 nitrogen and oxygen atoms in total. The Bertz CT molecular complexity index is 1420. The second-order valence-electron chi connectivity index (χ2n) is 10.7. The van der Waals surface area contributed by atoms with E-state index in [1.165, 1.54) is 0 Å². The molecule has 0 aromatic heterocycles. The zero-order valence-electron chi connectivity index (χ0n) is 24.2. The van der Waals surface area contributed by atoms with Gasteiger partial charge in [0.25, 0.3) is 0 Å². The summed E-state index contributed by atoms with van der Waals surface area (Å²) in [6.45, 7) is 3.59. The quantitative estimate of drug-likeness (QED) is 0.176. The van der Waals surface area contributed by atoms with Crippen LogP contribution in [-0.4, -0.2) is 58.6 Å². The maximum Gasteiger partial charge on any atom is 0.490 e. The lowest BCUT2D eigenvalue weighted by molar-refractivity contribution is -0.192. The standard InChI is InChI=1S/C33H35NO3.C2HF3O2/c35-32-15-8-7-14-31(32)26-16-18-30(19-17-26)37-25-9-22-34-23-20-29(21-24-34)33(36,27-10-3-1-4-11-27)28-12-5-2-6-13-28;3-2(4,5)1(6)7/h1-8,10-19,29,35-36H,9,20-25H2;(H,6,7). The summed E-state index contributed by atoms with van der Waals surface area (Å²) in [7, 11) is 0. The molecule has 1 aliphatic rings. The summed E-state index contributed by atoms with van der Waals surface area (Å²) in [5, 5.41) is 29.2. The first-order chi connectivity index (χ1) is 21.1. The smallest absolute Gasteiger partial charge is 0.490 e. The minimum atomic E-state index is -5.08. The van der Waals surface area contributed by atoms with Gasteiger partial charge in [0.15, 0.2) is 0 Å². The van der Waals surface area contributed by atoms with E-state index >= 15 is 0 Å². The maximum absolute atomic E-state index is 12.1. The van der Waals surface area contributed by atoms with E-state index in [0.29, 0.717) is 6.61 Å². The van der Waals surface area contributed by atoms with Crippen LogP contribution in [-0.2, 0) is 10.4 Å². The lowest BCUT2D eigenvalue weighted by atomic mass is 9.72. The van der Waals surface area contributed by atoms with Crippen LogP contribution in [0.3, 0.4) is 0 Å². The monoisotopic (exact) mass is 607 g/mol. The van der Waals surface area contributed by atoms with Crippen molar-refractivity contribution in [1.29, 1.82) is 0 Å². The molecule has 0 atom stereocenters. The fraction of sp³-hybridized carbons (Fsp3) is 0.286. The normalized spacial score (nSPS) is 14.4. The minimum Gasteiger partial charge on any atom is -0.507 e. The van der Waals surface area contributed by atoms with E-state index in [-0.39, 0.29) is 11.7 Å². The molecule has 0 saturated carbocycles. The Kier molecular flexibility index (Phi) is 11.0. The fourth-order valence-corrected chi connectivity index (χ4v) is 5.52. The molecule has 0 amide bonds. The molecule has 3 N–H and O–H groups in total. The van der Waals surface area contributed by atoms with Gasteiger partial charge < -0.3 is 25.0 Å². The third kappa shape index (κ3) is 8.39. The molecular formula is C35H36F3NO5. The van der Waals surface area contributed by atoms with Gasteiger partial charge in [-0.3, -0.25) is 0 Å². The number of benzene rings is 4. The number of hydrogen-bond donors (Lipinski definition) is 3. The molecule has 0 radical (unpaired) electrons. The van der Waals surface area contributed by atoms with Gasteiger partial charge in [-0.25, -0.2) is 4.79 Å². The van der Waals surface area contributed by atoms with Crippen LogP contribution in [0.25, 0.3) is 11.1 Å². The highest BCUT2D eigenvalue weighted by Gasteiger charge is 2.41. The maximum atomic E-state index is 12.1. The first kappa shape index (κ1) is 32.6. The van der Waals surface area contributed by atoms with Gasteiger partial charge in [0.05, 0.1) is 6.61 Å². The highest BCUT2D eigenvalue weighted by Crippen LogP contribution is 2.42. The number of phenolic OH excluding ortho intramolecular Hbond substituents is 1. The predicted octanol–water partition coefficient (Wildman–Crippen LogP) is 7.11. The zero-order chi connectivity index (χ0) is 31.6. The van der Waals surface area contributed by atoms with Crippen molar-refractivity contribution in [2.45, 2.75) is 31.0 Å². The first-order valence-electron chi connectivity index (χ1n) is 14.5. The molecule has 5 rings (SSSR count). The highest BCUT2D eigenvalue weighted by molar-refractivity contribution is 5.73. The third-order valence-electron chi connectivity index (χ3n) is 7.81. The Hall–Kier alpha value is -4.34. The summed E-state index contributed by atoms with van der Waals surface area (Å²) in [5.74, 6) is -1.46. The van der Waals surface area contributed by atoms with Gasteiger partial charge in [-0.2, -0.15) is 13.2 Å². The van der Waals surface area contributed by atoms with E-state index in [2.05, 4.69) is 4.90 Å². The Morgan fingerprint density at radius 1 is 0.795 bits per heavy atom. The Morgan fingerprint density at radius 2 is 1.30 bits per heavy atom. The van der Waals surface area contributed by atoms with Gasteiger partial charge in [0.2, 0.25) is 0 Å². The van der Waals surface area contributed by atoms with Gasteiger partial charge in [-0.1, -0.05) is 91.0 Å². The number of aliphatic carboxylic acids is 1. The van der Waals surface area contributed by atoms with Crippen LogP contribution in [0.15, 0.2) is 109 Å². The lowest BCUT2D eigenvalue weighted by Crippen LogP contribution is -2.44. The molecule has 4 aromatic carbocycles. The number of likely N-dealkylation sites (tertiary alicyclic amines) is 1. The number of carboxylic acids is 1. The van der Waals surface area contributed by atoms with Gasteiger partial charge in [0.1, 0.15) is 17.1 Å². The van der Waals surface area contributed by atoms with Gasteiger partial charge >= 0.3 is 12.1 Å². The van der Waals surface area contributed by atoms with Crippen LogP contribution < -0.4 is 4.74 Å². The summed E-state index contributed by atoms with van der Waals surface area (Å²) >= 11 is 0. The second kappa shape index (κ2) is 14.9. The third-order valence-corrected chi connectivity index (χ3v) is 7.81. The van der Waals surface area contributed by atoms with Crippen LogP contribution in [0.1, 0.15) is 30.4 Å². The molecule has 1 saturated heterocycles. The first-order valence-corrected chi connectivity index (χ1v) is 14.5. The number of hydrogen-bond acceptors (Lipinski definition) is 5. The number of aliphatic hydroxyl groups is 1. The van der Waals surface area contributed by atoms with Crippen molar-refractivity contribution in [3.05, 3.63) is 120 Å². The van der Waals surface area contributed by atoms with Gasteiger partial charge in [-0.05, 0) is 73.2 Å². The van der Waals surface area contributed by atoms with Gasteiger partial charge in [0, 0.05) is 12.1 Å². The van der Waals surface area contributed by atoms with Gasteiger partial charge in [-0.15, -0.1) is 0 Å². The number of rotatable bonds is 9. The molecule has 0 spiro atoms.